The lowest BCUT2D eigenvalue weighted by Crippen LogP contribution is -2.45. The summed E-state index contributed by atoms with van der Waals surface area (Å²) < 4.78 is 50.9. The number of carbonyl (C=O) groups excluding carboxylic acids is 2. The Bertz CT molecular complexity index is 1030. The SMILES string of the molecule is NC(=O)CC1CN(S(=O)(=O)c2ccc(F)cc2)c2cc(OC(N)=O)ccc2O1. The molecule has 1 heterocycles. The number of rotatable bonds is 5. The number of halogens is 1. The van der Waals surface area contributed by atoms with Crippen LogP contribution in [0.1, 0.15) is 6.42 Å². The number of nitrogens with zero attached hydrogens (tertiary/aromatic N) is 1. The van der Waals surface area contributed by atoms with Crippen LogP contribution in [-0.2, 0) is 14.8 Å². The van der Waals surface area contributed by atoms with E-state index in [0.29, 0.717) is 0 Å². The van der Waals surface area contributed by atoms with Gasteiger partial charge in [-0.25, -0.2) is 17.6 Å². The summed E-state index contributed by atoms with van der Waals surface area (Å²) in [6.45, 7) is -0.227. The molecule has 4 N–H and O–H groups in total. The van der Waals surface area contributed by atoms with Gasteiger partial charge in [-0.05, 0) is 36.4 Å². The van der Waals surface area contributed by atoms with E-state index in [1.54, 1.807) is 0 Å². The minimum absolute atomic E-state index is 0.00232. The molecular weight excluding hydrogens is 393 g/mol. The van der Waals surface area contributed by atoms with Gasteiger partial charge in [0.25, 0.3) is 10.0 Å². The molecular formula is C17H16FN3O6S. The summed E-state index contributed by atoms with van der Waals surface area (Å²) in [5.41, 5.74) is 10.3. The summed E-state index contributed by atoms with van der Waals surface area (Å²) >= 11 is 0. The zero-order valence-corrected chi connectivity index (χ0v) is 15.2. The van der Waals surface area contributed by atoms with E-state index in [0.717, 1.165) is 28.6 Å². The van der Waals surface area contributed by atoms with Crippen molar-refractivity contribution in [1.82, 2.24) is 0 Å². The third-order valence-electron chi connectivity index (χ3n) is 3.91. The summed E-state index contributed by atoms with van der Waals surface area (Å²) in [5.74, 6) is -1.12. The minimum Gasteiger partial charge on any atom is -0.486 e. The molecule has 1 atom stereocenters. The van der Waals surface area contributed by atoms with Crippen molar-refractivity contribution in [1.29, 1.82) is 0 Å². The third-order valence-corrected chi connectivity index (χ3v) is 5.71. The Balaban J connectivity index is 2.08. The predicted octanol–water partition coefficient (Wildman–Crippen LogP) is 1.11. The van der Waals surface area contributed by atoms with Crippen molar-refractivity contribution in [3.8, 4) is 11.5 Å². The van der Waals surface area contributed by atoms with Gasteiger partial charge in [0.15, 0.2) is 0 Å². The maximum Gasteiger partial charge on any atom is 0.409 e. The summed E-state index contributed by atoms with van der Waals surface area (Å²) in [6.07, 6.45) is -2.12. The van der Waals surface area contributed by atoms with E-state index in [1.165, 1.54) is 18.2 Å². The molecule has 2 aromatic carbocycles. The van der Waals surface area contributed by atoms with Gasteiger partial charge in [-0.2, -0.15) is 0 Å². The monoisotopic (exact) mass is 409 g/mol. The molecule has 148 valence electrons. The maximum atomic E-state index is 13.2. The van der Waals surface area contributed by atoms with Gasteiger partial charge in [-0.3, -0.25) is 9.10 Å². The molecule has 0 saturated carbocycles. The highest BCUT2D eigenvalue weighted by Gasteiger charge is 2.35. The molecule has 0 bridgehead atoms. The summed E-state index contributed by atoms with van der Waals surface area (Å²) in [7, 11) is -4.14. The van der Waals surface area contributed by atoms with Crippen LogP contribution in [0.15, 0.2) is 47.4 Å². The van der Waals surface area contributed by atoms with Crippen molar-refractivity contribution < 1.29 is 31.9 Å². The maximum absolute atomic E-state index is 13.2. The lowest BCUT2D eigenvalue weighted by Gasteiger charge is -2.35. The largest absolute Gasteiger partial charge is 0.486 e. The zero-order valence-electron chi connectivity index (χ0n) is 14.4. The molecule has 2 aromatic rings. The van der Waals surface area contributed by atoms with Gasteiger partial charge in [-0.1, -0.05) is 0 Å². The van der Waals surface area contributed by atoms with Gasteiger partial charge in [-0.15, -0.1) is 0 Å². The molecule has 28 heavy (non-hydrogen) atoms. The van der Waals surface area contributed by atoms with Crippen molar-refractivity contribution in [2.75, 3.05) is 10.8 Å². The van der Waals surface area contributed by atoms with Gasteiger partial charge in [0.2, 0.25) is 5.91 Å². The topological polar surface area (TPSA) is 142 Å². The second-order valence-electron chi connectivity index (χ2n) is 5.95. The van der Waals surface area contributed by atoms with Gasteiger partial charge >= 0.3 is 6.09 Å². The van der Waals surface area contributed by atoms with Crippen molar-refractivity contribution in [2.45, 2.75) is 17.4 Å². The molecule has 0 aromatic heterocycles. The highest BCUT2D eigenvalue weighted by atomic mass is 32.2. The Morgan fingerprint density at radius 3 is 2.46 bits per heavy atom. The molecule has 0 spiro atoms. The van der Waals surface area contributed by atoms with E-state index in [1.807, 2.05) is 0 Å². The molecule has 0 aliphatic carbocycles. The molecule has 0 radical (unpaired) electrons. The van der Waals surface area contributed by atoms with Crippen molar-refractivity contribution in [3.05, 3.63) is 48.3 Å². The van der Waals surface area contributed by atoms with Gasteiger partial charge in [0, 0.05) is 6.07 Å². The average molecular weight is 409 g/mol. The first-order chi connectivity index (χ1) is 13.2. The lowest BCUT2D eigenvalue weighted by atomic mass is 10.1. The highest BCUT2D eigenvalue weighted by Crippen LogP contribution is 2.40. The zero-order chi connectivity index (χ0) is 20.5. The van der Waals surface area contributed by atoms with Crippen LogP contribution >= 0.6 is 0 Å². The number of sulfonamides is 1. The number of carbonyl (C=O) groups is 2. The second kappa shape index (κ2) is 7.35. The van der Waals surface area contributed by atoms with Crippen molar-refractivity contribution in [2.24, 2.45) is 11.5 Å². The number of hydrogen-bond acceptors (Lipinski definition) is 6. The highest BCUT2D eigenvalue weighted by molar-refractivity contribution is 7.92. The van der Waals surface area contributed by atoms with Crippen LogP contribution in [0.2, 0.25) is 0 Å². The molecule has 11 heteroatoms. The Kier molecular flexibility index (Phi) is 5.10. The molecule has 3 rings (SSSR count). The number of amides is 2. The quantitative estimate of drug-likeness (QED) is 0.758. The van der Waals surface area contributed by atoms with Crippen LogP contribution < -0.4 is 25.2 Å². The number of primary amides is 2. The molecule has 1 unspecified atom stereocenters. The first-order valence-corrected chi connectivity index (χ1v) is 9.45. The van der Waals surface area contributed by atoms with Gasteiger partial charge in [0.1, 0.15) is 23.4 Å². The Hall–Kier alpha value is -3.34. The van der Waals surface area contributed by atoms with Crippen molar-refractivity contribution >= 4 is 27.7 Å². The Morgan fingerprint density at radius 1 is 1.18 bits per heavy atom. The predicted molar refractivity (Wildman–Crippen MR) is 95.8 cm³/mol. The summed E-state index contributed by atoms with van der Waals surface area (Å²) in [6, 6.07) is 8.28. The lowest BCUT2D eigenvalue weighted by molar-refractivity contribution is -0.119. The fourth-order valence-corrected chi connectivity index (χ4v) is 4.26. The standard InChI is InChI=1S/C17H16FN3O6S/c18-10-1-4-13(5-2-10)28(24,25)21-9-12(8-16(19)22)26-15-6-3-11(7-14(15)21)27-17(20)23/h1-7,12H,8-9H2,(H2,19,22)(H2,20,23). The number of nitrogens with two attached hydrogens (primary N) is 2. The smallest absolute Gasteiger partial charge is 0.409 e. The van der Waals surface area contributed by atoms with Gasteiger partial charge < -0.3 is 20.9 Å². The molecule has 2 amide bonds. The molecule has 1 aliphatic rings. The first kappa shape index (κ1) is 19.4. The van der Waals surface area contributed by atoms with Crippen LogP contribution in [0.25, 0.3) is 0 Å². The van der Waals surface area contributed by atoms with E-state index in [-0.39, 0.29) is 35.0 Å². The van der Waals surface area contributed by atoms with Crippen LogP contribution in [0, 0.1) is 5.82 Å². The van der Waals surface area contributed by atoms with Crippen LogP contribution in [0.5, 0.6) is 11.5 Å². The van der Waals surface area contributed by atoms with Crippen LogP contribution in [0.3, 0.4) is 0 Å². The Morgan fingerprint density at radius 2 is 1.86 bits per heavy atom. The number of benzene rings is 2. The van der Waals surface area contributed by atoms with E-state index in [4.69, 9.17) is 20.9 Å². The van der Waals surface area contributed by atoms with E-state index >= 15 is 0 Å². The van der Waals surface area contributed by atoms with Crippen LogP contribution in [0.4, 0.5) is 14.9 Å². The van der Waals surface area contributed by atoms with Gasteiger partial charge in [0.05, 0.1) is 23.5 Å². The average Bonchev–Trinajstić information content (AvgIpc) is 2.60. The summed E-state index contributed by atoms with van der Waals surface area (Å²) in [5, 5.41) is 0. The number of hydrogen-bond donors (Lipinski definition) is 2. The molecule has 0 saturated heterocycles. The van der Waals surface area contributed by atoms with E-state index in [2.05, 4.69) is 0 Å². The number of ether oxygens (including phenoxy) is 2. The molecule has 9 nitrogen and oxygen atoms in total. The van der Waals surface area contributed by atoms with Crippen LogP contribution in [-0.4, -0.2) is 33.1 Å². The van der Waals surface area contributed by atoms with E-state index in [9.17, 15) is 22.4 Å². The number of fused-ring (bicyclic) bond motifs is 1. The third kappa shape index (κ3) is 3.98. The Labute approximate surface area is 159 Å². The fourth-order valence-electron chi connectivity index (χ4n) is 2.76. The first-order valence-electron chi connectivity index (χ1n) is 8.01. The normalized spacial score (nSPS) is 16.0. The summed E-state index contributed by atoms with van der Waals surface area (Å²) in [4.78, 5) is 22.1. The van der Waals surface area contributed by atoms with Crippen molar-refractivity contribution in [3.63, 3.8) is 0 Å². The molecule has 0 fully saturated rings. The minimum atomic E-state index is -4.14. The second-order valence-corrected chi connectivity index (χ2v) is 7.81. The fraction of sp³-hybridized carbons (Fsp3) is 0.176. The molecule has 1 aliphatic heterocycles. The van der Waals surface area contributed by atoms with E-state index < -0.39 is 33.9 Å². The number of anilines is 1.